The topological polar surface area (TPSA) is 133 Å². The molecule has 0 fully saturated rings. The highest BCUT2D eigenvalue weighted by Gasteiger charge is 2.16. The second kappa shape index (κ2) is 8.00. The van der Waals surface area contributed by atoms with Crippen LogP contribution in [-0.4, -0.2) is 30.9 Å². The lowest BCUT2D eigenvalue weighted by Gasteiger charge is -1.99. The van der Waals surface area contributed by atoms with Gasteiger partial charge >= 0.3 is 11.5 Å². The number of nitrogens with zero attached hydrogens (tertiary/aromatic N) is 4. The number of rotatable bonds is 5. The second-order valence-corrected chi connectivity index (χ2v) is 7.65. The van der Waals surface area contributed by atoms with Gasteiger partial charge in [-0.05, 0) is 26.0 Å². The Balaban J connectivity index is 1.63. The minimum atomic E-state index is -1.25. The summed E-state index contributed by atoms with van der Waals surface area (Å²) in [4.78, 5) is 28.4. The SMILES string of the molecule is Cc1ccc(-c2csc(-n3[nH]c(C)c(N=Nc4ccc(C(=O)O)c(O)c4)c3=O)n2)cc1. The second-order valence-electron chi connectivity index (χ2n) is 6.81. The van der Waals surface area contributed by atoms with Gasteiger partial charge in [0.05, 0.1) is 17.1 Å². The van der Waals surface area contributed by atoms with Crippen LogP contribution >= 0.6 is 11.3 Å². The molecule has 0 aliphatic carbocycles. The first-order valence-electron chi connectivity index (χ1n) is 9.16. The van der Waals surface area contributed by atoms with Crippen molar-refractivity contribution in [2.45, 2.75) is 13.8 Å². The highest BCUT2D eigenvalue weighted by molar-refractivity contribution is 7.12. The molecule has 0 spiro atoms. The van der Waals surface area contributed by atoms with Crippen LogP contribution in [0.2, 0.25) is 0 Å². The minimum absolute atomic E-state index is 0.0916. The van der Waals surface area contributed by atoms with Crippen molar-refractivity contribution < 1.29 is 15.0 Å². The lowest BCUT2D eigenvalue weighted by atomic mass is 10.1. The zero-order chi connectivity index (χ0) is 22.1. The van der Waals surface area contributed by atoms with Crippen molar-refractivity contribution in [1.29, 1.82) is 0 Å². The number of aromatic carboxylic acids is 1. The Morgan fingerprint density at radius 2 is 1.87 bits per heavy atom. The third kappa shape index (κ3) is 4.01. The summed E-state index contributed by atoms with van der Waals surface area (Å²) in [5.74, 6) is -1.68. The molecular formula is C21H17N5O4S. The Labute approximate surface area is 180 Å². The number of aryl methyl sites for hydroxylation is 2. The maximum atomic E-state index is 12.8. The van der Waals surface area contributed by atoms with Crippen molar-refractivity contribution in [2.24, 2.45) is 10.2 Å². The maximum Gasteiger partial charge on any atom is 0.339 e. The number of phenols is 1. The van der Waals surface area contributed by atoms with E-state index < -0.39 is 17.3 Å². The largest absolute Gasteiger partial charge is 0.507 e. The van der Waals surface area contributed by atoms with Crippen LogP contribution in [0.25, 0.3) is 16.4 Å². The van der Waals surface area contributed by atoms with E-state index in [4.69, 9.17) is 5.11 Å². The van der Waals surface area contributed by atoms with Crippen LogP contribution in [0, 0.1) is 13.8 Å². The van der Waals surface area contributed by atoms with Gasteiger partial charge < -0.3 is 10.2 Å². The maximum absolute atomic E-state index is 12.8. The Morgan fingerprint density at radius 1 is 1.13 bits per heavy atom. The molecule has 10 heteroatoms. The van der Waals surface area contributed by atoms with Crippen LogP contribution in [0.5, 0.6) is 5.75 Å². The predicted octanol–water partition coefficient (Wildman–Crippen LogP) is 4.73. The van der Waals surface area contributed by atoms with Crippen molar-refractivity contribution in [2.75, 3.05) is 0 Å². The quantitative estimate of drug-likeness (QED) is 0.390. The average Bonchev–Trinajstić information content (AvgIpc) is 3.32. The Bertz CT molecular complexity index is 1370. The van der Waals surface area contributed by atoms with Crippen LogP contribution in [0.3, 0.4) is 0 Å². The van der Waals surface area contributed by atoms with Crippen molar-refractivity contribution in [1.82, 2.24) is 14.8 Å². The zero-order valence-electron chi connectivity index (χ0n) is 16.5. The van der Waals surface area contributed by atoms with Gasteiger partial charge in [0.2, 0.25) is 5.13 Å². The number of aromatic amines is 1. The third-order valence-corrected chi connectivity index (χ3v) is 5.37. The summed E-state index contributed by atoms with van der Waals surface area (Å²) in [5, 5.41) is 32.0. The summed E-state index contributed by atoms with van der Waals surface area (Å²) >= 11 is 1.32. The first kappa shape index (κ1) is 20.2. The van der Waals surface area contributed by atoms with Crippen LogP contribution in [0.15, 0.2) is 62.9 Å². The van der Waals surface area contributed by atoms with Gasteiger partial charge in [0.1, 0.15) is 11.3 Å². The molecule has 0 unspecified atom stereocenters. The van der Waals surface area contributed by atoms with Crippen LogP contribution in [0.1, 0.15) is 21.6 Å². The highest BCUT2D eigenvalue weighted by atomic mass is 32.1. The number of azo groups is 1. The van der Waals surface area contributed by atoms with E-state index in [-0.39, 0.29) is 16.9 Å². The van der Waals surface area contributed by atoms with Gasteiger partial charge in [0.25, 0.3) is 0 Å². The number of nitrogens with one attached hydrogen (secondary N) is 1. The first-order chi connectivity index (χ1) is 14.8. The molecule has 2 heterocycles. The predicted molar refractivity (Wildman–Crippen MR) is 116 cm³/mol. The monoisotopic (exact) mass is 435 g/mol. The highest BCUT2D eigenvalue weighted by Crippen LogP contribution is 2.27. The molecule has 0 radical (unpaired) electrons. The summed E-state index contributed by atoms with van der Waals surface area (Å²) < 4.78 is 1.30. The lowest BCUT2D eigenvalue weighted by Crippen LogP contribution is -2.13. The zero-order valence-corrected chi connectivity index (χ0v) is 17.3. The van der Waals surface area contributed by atoms with Crippen LogP contribution in [0.4, 0.5) is 11.4 Å². The number of H-pyrrole nitrogens is 1. The molecule has 0 amide bonds. The molecule has 0 atom stereocenters. The van der Waals surface area contributed by atoms with Gasteiger partial charge in [-0.3, -0.25) is 9.89 Å². The fourth-order valence-electron chi connectivity index (χ4n) is 2.88. The molecule has 0 aliphatic heterocycles. The van der Waals surface area contributed by atoms with Gasteiger partial charge in [-0.1, -0.05) is 29.8 Å². The van der Waals surface area contributed by atoms with Crippen molar-refractivity contribution in [3.8, 4) is 22.1 Å². The van der Waals surface area contributed by atoms with E-state index in [0.29, 0.717) is 10.8 Å². The molecule has 2 aromatic carbocycles. The fraction of sp³-hybridized carbons (Fsp3) is 0.0952. The van der Waals surface area contributed by atoms with E-state index in [2.05, 4.69) is 20.3 Å². The number of carboxylic acid groups (broad SMARTS) is 1. The number of aromatic nitrogens is 3. The molecule has 4 aromatic rings. The lowest BCUT2D eigenvalue weighted by molar-refractivity contribution is 0.0694. The fourth-order valence-corrected chi connectivity index (χ4v) is 3.68. The van der Waals surface area contributed by atoms with Gasteiger partial charge in [0, 0.05) is 17.0 Å². The summed E-state index contributed by atoms with van der Waals surface area (Å²) in [7, 11) is 0. The smallest absolute Gasteiger partial charge is 0.339 e. The number of thiazole rings is 1. The summed E-state index contributed by atoms with van der Waals surface area (Å²) in [6, 6.07) is 11.7. The van der Waals surface area contributed by atoms with Gasteiger partial charge in [-0.25, -0.2) is 9.78 Å². The standard InChI is InChI=1S/C21H17N5O4S/c1-11-3-5-13(6-4-11)16-10-31-21(22-16)26-19(28)18(12(2)25-26)24-23-14-7-8-15(20(29)30)17(27)9-14/h3-10,25,27H,1-2H3,(H,29,30). The molecule has 0 saturated carbocycles. The molecule has 156 valence electrons. The van der Waals surface area contributed by atoms with E-state index in [1.807, 2.05) is 36.6 Å². The number of carbonyl (C=O) groups is 1. The summed E-state index contributed by atoms with van der Waals surface area (Å²) in [6.45, 7) is 3.70. The molecule has 0 saturated heterocycles. The molecular weight excluding hydrogens is 418 g/mol. The Kier molecular flexibility index (Phi) is 5.22. The van der Waals surface area contributed by atoms with E-state index in [1.165, 1.54) is 34.2 Å². The third-order valence-electron chi connectivity index (χ3n) is 4.55. The molecule has 0 aliphatic rings. The summed E-state index contributed by atoms with van der Waals surface area (Å²) in [5.41, 5.74) is 3.00. The number of hydrogen-bond acceptors (Lipinski definition) is 7. The van der Waals surface area contributed by atoms with E-state index >= 15 is 0 Å². The van der Waals surface area contributed by atoms with Crippen molar-refractivity contribution in [3.05, 3.63) is 75.0 Å². The van der Waals surface area contributed by atoms with Crippen molar-refractivity contribution in [3.63, 3.8) is 0 Å². The van der Waals surface area contributed by atoms with Gasteiger partial charge in [0.15, 0.2) is 5.69 Å². The van der Waals surface area contributed by atoms with Gasteiger partial charge in [-0.15, -0.1) is 16.5 Å². The van der Waals surface area contributed by atoms with Crippen LogP contribution < -0.4 is 5.56 Å². The van der Waals surface area contributed by atoms with E-state index in [9.17, 15) is 14.7 Å². The summed E-state index contributed by atoms with van der Waals surface area (Å²) in [6.07, 6.45) is 0. The number of carboxylic acids is 1. The van der Waals surface area contributed by atoms with Crippen LogP contribution in [-0.2, 0) is 0 Å². The molecule has 0 bridgehead atoms. The molecule has 4 rings (SSSR count). The molecule has 31 heavy (non-hydrogen) atoms. The van der Waals surface area contributed by atoms with E-state index in [1.54, 1.807) is 6.92 Å². The normalized spacial score (nSPS) is 11.3. The number of benzene rings is 2. The van der Waals surface area contributed by atoms with Crippen molar-refractivity contribution >= 4 is 28.7 Å². The average molecular weight is 435 g/mol. The first-order valence-corrected chi connectivity index (χ1v) is 10.0. The minimum Gasteiger partial charge on any atom is -0.507 e. The molecule has 9 nitrogen and oxygen atoms in total. The Hall–Kier alpha value is -4.05. The number of hydrogen-bond donors (Lipinski definition) is 3. The Morgan fingerprint density at radius 3 is 2.55 bits per heavy atom. The van der Waals surface area contributed by atoms with Gasteiger partial charge in [-0.2, -0.15) is 9.80 Å². The van der Waals surface area contributed by atoms with E-state index in [0.717, 1.165) is 16.8 Å². The number of aromatic hydroxyl groups is 1. The molecule has 3 N–H and O–H groups in total. The molecule has 2 aromatic heterocycles.